The topological polar surface area (TPSA) is 35.6 Å². The second-order valence-electron chi connectivity index (χ2n) is 6.48. The van der Waals surface area contributed by atoms with Gasteiger partial charge in [0.1, 0.15) is 0 Å². The molecule has 4 nitrogen and oxygen atoms in total. The zero-order chi connectivity index (χ0) is 15.2. The molecular weight excluding hydrogens is 274 g/mol. The molecule has 0 atom stereocenters. The van der Waals surface area contributed by atoms with E-state index in [0.717, 1.165) is 31.9 Å². The molecule has 22 heavy (non-hydrogen) atoms. The van der Waals surface area contributed by atoms with Crippen LogP contribution in [0.3, 0.4) is 0 Å². The van der Waals surface area contributed by atoms with Crippen LogP contribution in [0.1, 0.15) is 38.5 Å². The molecule has 2 aliphatic rings. The highest BCUT2D eigenvalue weighted by Gasteiger charge is 2.15. The molecule has 2 aliphatic heterocycles. The van der Waals surface area contributed by atoms with Gasteiger partial charge in [0, 0.05) is 24.5 Å². The first-order valence-corrected chi connectivity index (χ1v) is 8.68. The second kappa shape index (κ2) is 7.63. The van der Waals surface area contributed by atoms with E-state index in [1.54, 1.807) is 0 Å². The molecule has 2 saturated heterocycles. The van der Waals surface area contributed by atoms with E-state index in [9.17, 15) is 4.79 Å². The van der Waals surface area contributed by atoms with Gasteiger partial charge in [-0.05, 0) is 63.0 Å². The predicted molar refractivity (Wildman–Crippen MR) is 91.4 cm³/mol. The number of nitrogens with zero attached hydrogens (tertiary/aromatic N) is 2. The van der Waals surface area contributed by atoms with Gasteiger partial charge in [-0.3, -0.25) is 9.69 Å². The Morgan fingerprint density at radius 3 is 2.09 bits per heavy atom. The highest BCUT2D eigenvalue weighted by molar-refractivity contribution is 5.92. The van der Waals surface area contributed by atoms with Crippen LogP contribution in [0.25, 0.3) is 0 Å². The average molecular weight is 301 g/mol. The number of hydrogen-bond acceptors (Lipinski definition) is 3. The monoisotopic (exact) mass is 301 g/mol. The maximum absolute atomic E-state index is 12.0. The quantitative estimate of drug-likeness (QED) is 0.928. The highest BCUT2D eigenvalue weighted by Crippen LogP contribution is 2.21. The van der Waals surface area contributed by atoms with E-state index >= 15 is 0 Å². The molecule has 1 amide bonds. The predicted octanol–water partition coefficient (Wildman–Crippen LogP) is 3.10. The van der Waals surface area contributed by atoms with Crippen LogP contribution >= 0.6 is 0 Å². The third kappa shape index (κ3) is 4.23. The van der Waals surface area contributed by atoms with Crippen LogP contribution in [-0.2, 0) is 4.79 Å². The van der Waals surface area contributed by atoms with E-state index in [1.807, 2.05) is 12.1 Å². The molecule has 4 heteroatoms. The van der Waals surface area contributed by atoms with Gasteiger partial charge in [0.2, 0.25) is 5.91 Å². The molecule has 120 valence electrons. The standard InChI is InChI=1S/C18H27N3O/c22-18(15-20-11-5-6-12-20)19-16-7-9-17(10-8-16)21-13-3-1-2-4-14-21/h7-10H,1-6,11-15H2,(H,19,22). The number of hydrogen-bond donors (Lipinski definition) is 1. The first-order valence-electron chi connectivity index (χ1n) is 8.68. The van der Waals surface area contributed by atoms with Gasteiger partial charge in [0.25, 0.3) is 0 Å². The lowest BCUT2D eigenvalue weighted by atomic mass is 10.2. The Morgan fingerprint density at radius 1 is 0.864 bits per heavy atom. The lowest BCUT2D eigenvalue weighted by molar-refractivity contribution is -0.117. The molecule has 0 saturated carbocycles. The summed E-state index contributed by atoms with van der Waals surface area (Å²) in [5.74, 6) is 0.101. The Balaban J connectivity index is 1.53. The summed E-state index contributed by atoms with van der Waals surface area (Å²) in [5.41, 5.74) is 2.18. The molecule has 0 aliphatic carbocycles. The van der Waals surface area contributed by atoms with Gasteiger partial charge in [-0.1, -0.05) is 12.8 Å². The van der Waals surface area contributed by atoms with Gasteiger partial charge in [-0.25, -0.2) is 0 Å². The molecule has 0 unspecified atom stereocenters. The van der Waals surface area contributed by atoms with Crippen LogP contribution in [0.15, 0.2) is 24.3 Å². The molecule has 2 heterocycles. The van der Waals surface area contributed by atoms with Gasteiger partial charge in [0.15, 0.2) is 0 Å². The Hall–Kier alpha value is -1.55. The van der Waals surface area contributed by atoms with Crippen molar-refractivity contribution in [1.82, 2.24) is 4.90 Å². The summed E-state index contributed by atoms with van der Waals surface area (Å²) in [5, 5.41) is 3.01. The van der Waals surface area contributed by atoms with Crippen molar-refractivity contribution in [3.05, 3.63) is 24.3 Å². The number of rotatable bonds is 4. The molecule has 1 N–H and O–H groups in total. The summed E-state index contributed by atoms with van der Waals surface area (Å²) in [6.07, 6.45) is 7.71. The zero-order valence-corrected chi connectivity index (χ0v) is 13.4. The van der Waals surface area contributed by atoms with E-state index in [2.05, 4.69) is 27.2 Å². The molecule has 1 aromatic rings. The van der Waals surface area contributed by atoms with Gasteiger partial charge in [0.05, 0.1) is 6.54 Å². The summed E-state index contributed by atoms with van der Waals surface area (Å²) >= 11 is 0. The Kier molecular flexibility index (Phi) is 5.33. The Bertz CT molecular complexity index is 472. The molecule has 0 spiro atoms. The third-order valence-electron chi connectivity index (χ3n) is 4.69. The number of anilines is 2. The SMILES string of the molecule is O=C(CN1CCCC1)Nc1ccc(N2CCCCCC2)cc1. The number of benzene rings is 1. The molecule has 2 fully saturated rings. The van der Waals surface area contributed by atoms with Crippen LogP contribution < -0.4 is 10.2 Å². The minimum atomic E-state index is 0.101. The first kappa shape index (κ1) is 15.3. The number of nitrogens with one attached hydrogen (secondary N) is 1. The number of carbonyl (C=O) groups is 1. The molecule has 0 bridgehead atoms. The van der Waals surface area contributed by atoms with Crippen molar-refractivity contribution >= 4 is 17.3 Å². The molecule has 0 radical (unpaired) electrons. The fourth-order valence-electron chi connectivity index (χ4n) is 3.43. The van der Waals surface area contributed by atoms with Crippen LogP contribution in [-0.4, -0.2) is 43.5 Å². The van der Waals surface area contributed by atoms with Gasteiger partial charge < -0.3 is 10.2 Å². The summed E-state index contributed by atoms with van der Waals surface area (Å²) < 4.78 is 0. The van der Waals surface area contributed by atoms with Crippen LogP contribution in [0, 0.1) is 0 Å². The second-order valence-corrected chi connectivity index (χ2v) is 6.48. The average Bonchev–Trinajstić information content (AvgIpc) is 2.87. The fourth-order valence-corrected chi connectivity index (χ4v) is 3.43. The lowest BCUT2D eigenvalue weighted by Crippen LogP contribution is -2.30. The molecule has 1 aromatic carbocycles. The van der Waals surface area contributed by atoms with Gasteiger partial charge in [-0.15, -0.1) is 0 Å². The van der Waals surface area contributed by atoms with Crippen molar-refractivity contribution in [2.24, 2.45) is 0 Å². The molecular formula is C18H27N3O. The Labute approximate surface area is 133 Å². The smallest absolute Gasteiger partial charge is 0.238 e. The number of carbonyl (C=O) groups excluding carboxylic acids is 1. The largest absolute Gasteiger partial charge is 0.372 e. The van der Waals surface area contributed by atoms with Gasteiger partial charge >= 0.3 is 0 Å². The molecule has 0 aromatic heterocycles. The Morgan fingerprint density at radius 2 is 1.45 bits per heavy atom. The van der Waals surface area contributed by atoms with E-state index in [-0.39, 0.29) is 5.91 Å². The summed E-state index contributed by atoms with van der Waals surface area (Å²) in [6.45, 7) is 4.94. The van der Waals surface area contributed by atoms with Crippen LogP contribution in [0.4, 0.5) is 11.4 Å². The van der Waals surface area contributed by atoms with E-state index in [1.165, 1.54) is 44.2 Å². The van der Waals surface area contributed by atoms with Crippen LogP contribution in [0.2, 0.25) is 0 Å². The summed E-state index contributed by atoms with van der Waals surface area (Å²) in [4.78, 5) is 16.7. The molecule has 3 rings (SSSR count). The highest BCUT2D eigenvalue weighted by atomic mass is 16.2. The van der Waals surface area contributed by atoms with Crippen molar-refractivity contribution in [3.63, 3.8) is 0 Å². The van der Waals surface area contributed by atoms with Crippen LogP contribution in [0.5, 0.6) is 0 Å². The minimum absolute atomic E-state index is 0.101. The number of amides is 1. The van der Waals surface area contributed by atoms with Crippen molar-refractivity contribution < 1.29 is 4.79 Å². The third-order valence-corrected chi connectivity index (χ3v) is 4.69. The van der Waals surface area contributed by atoms with Crippen molar-refractivity contribution in [1.29, 1.82) is 0 Å². The lowest BCUT2D eigenvalue weighted by Gasteiger charge is -2.23. The normalized spacial score (nSPS) is 19.9. The van der Waals surface area contributed by atoms with Crippen molar-refractivity contribution in [2.45, 2.75) is 38.5 Å². The van der Waals surface area contributed by atoms with E-state index in [0.29, 0.717) is 6.54 Å². The van der Waals surface area contributed by atoms with Gasteiger partial charge in [-0.2, -0.15) is 0 Å². The van der Waals surface area contributed by atoms with Crippen molar-refractivity contribution in [3.8, 4) is 0 Å². The summed E-state index contributed by atoms with van der Waals surface area (Å²) in [7, 11) is 0. The maximum atomic E-state index is 12.0. The maximum Gasteiger partial charge on any atom is 0.238 e. The van der Waals surface area contributed by atoms with E-state index in [4.69, 9.17) is 0 Å². The minimum Gasteiger partial charge on any atom is -0.372 e. The fraction of sp³-hybridized carbons (Fsp3) is 0.611. The number of likely N-dealkylation sites (tertiary alicyclic amines) is 1. The zero-order valence-electron chi connectivity index (χ0n) is 13.4. The van der Waals surface area contributed by atoms with Crippen molar-refractivity contribution in [2.75, 3.05) is 42.9 Å². The van der Waals surface area contributed by atoms with E-state index < -0.39 is 0 Å². The first-order chi connectivity index (χ1) is 10.8. The summed E-state index contributed by atoms with van der Waals surface area (Å²) in [6, 6.07) is 8.33.